The summed E-state index contributed by atoms with van der Waals surface area (Å²) in [6.07, 6.45) is 0. The average molecular weight is 231 g/mol. The number of alkyl halides is 2. The summed E-state index contributed by atoms with van der Waals surface area (Å²) in [5.74, 6) is 0.547. The Kier molecular flexibility index (Phi) is 4.41. The largest absolute Gasteiger partial charge is 0.333 e. The Morgan fingerprint density at radius 1 is 1.31 bits per heavy atom. The molecule has 0 aliphatic carbocycles. The third kappa shape index (κ3) is 3.01. The van der Waals surface area contributed by atoms with Crippen molar-refractivity contribution in [3.05, 3.63) is 17.0 Å². The molecule has 0 aliphatic rings. The summed E-state index contributed by atoms with van der Waals surface area (Å²) in [5, 5.41) is 7.07. The molecule has 1 N–H and O–H groups in total. The van der Waals surface area contributed by atoms with Gasteiger partial charge in [-0.3, -0.25) is 0 Å². The molecular formula is C11H19F2N3. The first-order chi connectivity index (χ1) is 7.43. The lowest BCUT2D eigenvalue weighted by Crippen LogP contribution is -2.19. The smallest absolute Gasteiger partial charge is 0.312 e. The van der Waals surface area contributed by atoms with Gasteiger partial charge in [0.25, 0.3) is 0 Å². The highest BCUT2D eigenvalue weighted by atomic mass is 19.3. The van der Waals surface area contributed by atoms with Gasteiger partial charge < -0.3 is 5.32 Å². The molecule has 5 heteroatoms. The van der Waals surface area contributed by atoms with E-state index >= 15 is 0 Å². The molecular weight excluding hydrogens is 212 g/mol. The molecule has 0 radical (unpaired) electrons. The van der Waals surface area contributed by atoms with Crippen LogP contribution in [0.4, 0.5) is 8.78 Å². The second-order valence-corrected chi connectivity index (χ2v) is 4.40. The van der Waals surface area contributed by atoms with Gasteiger partial charge in [-0.15, -0.1) is 0 Å². The maximum atomic E-state index is 12.6. The number of nitrogens with zero attached hydrogens (tertiary/aromatic N) is 2. The van der Waals surface area contributed by atoms with Crippen molar-refractivity contribution in [1.82, 2.24) is 15.1 Å². The van der Waals surface area contributed by atoms with Crippen molar-refractivity contribution in [1.29, 1.82) is 0 Å². The molecule has 0 spiro atoms. The molecule has 0 unspecified atom stereocenters. The Labute approximate surface area is 94.8 Å². The van der Waals surface area contributed by atoms with Crippen molar-refractivity contribution in [2.24, 2.45) is 5.92 Å². The third-order valence-corrected chi connectivity index (χ3v) is 2.51. The van der Waals surface area contributed by atoms with E-state index < -0.39 is 6.55 Å². The fraction of sp³-hybridized carbons (Fsp3) is 0.727. The number of halogens is 2. The minimum atomic E-state index is -2.56. The number of aromatic nitrogens is 2. The molecule has 3 nitrogen and oxygen atoms in total. The van der Waals surface area contributed by atoms with Gasteiger partial charge in [0.1, 0.15) is 0 Å². The zero-order chi connectivity index (χ0) is 12.3. The standard InChI is InChI=1S/C11H19F2N3/c1-7(2)5-14-6-10-8(3)15-16(9(10)4)11(12)13/h7,11,14H,5-6H2,1-4H3. The molecule has 0 atom stereocenters. The normalized spacial score (nSPS) is 11.8. The van der Waals surface area contributed by atoms with E-state index in [-0.39, 0.29) is 0 Å². The monoisotopic (exact) mass is 231 g/mol. The SMILES string of the molecule is Cc1nn(C(F)F)c(C)c1CNCC(C)C. The van der Waals surface area contributed by atoms with Crippen LogP contribution in [-0.4, -0.2) is 16.3 Å². The topological polar surface area (TPSA) is 29.9 Å². The summed E-state index contributed by atoms with van der Waals surface area (Å²) < 4.78 is 25.9. The Morgan fingerprint density at radius 3 is 2.38 bits per heavy atom. The maximum Gasteiger partial charge on any atom is 0.333 e. The second-order valence-electron chi connectivity index (χ2n) is 4.40. The summed E-state index contributed by atoms with van der Waals surface area (Å²) in [6, 6.07) is 0. The predicted molar refractivity (Wildman–Crippen MR) is 59.5 cm³/mol. The average Bonchev–Trinajstić information content (AvgIpc) is 2.44. The molecule has 0 saturated heterocycles. The van der Waals surface area contributed by atoms with Crippen LogP contribution < -0.4 is 5.32 Å². The summed E-state index contributed by atoms with van der Waals surface area (Å²) in [4.78, 5) is 0. The van der Waals surface area contributed by atoms with E-state index in [1.807, 2.05) is 0 Å². The lowest BCUT2D eigenvalue weighted by molar-refractivity contribution is 0.0540. The minimum absolute atomic E-state index is 0.545. The maximum absolute atomic E-state index is 12.6. The van der Waals surface area contributed by atoms with Crippen LogP contribution in [0.1, 0.15) is 37.3 Å². The highest BCUT2D eigenvalue weighted by Gasteiger charge is 2.16. The van der Waals surface area contributed by atoms with Gasteiger partial charge in [-0.2, -0.15) is 13.9 Å². The quantitative estimate of drug-likeness (QED) is 0.844. The lowest BCUT2D eigenvalue weighted by atomic mass is 10.2. The van der Waals surface area contributed by atoms with Crippen LogP contribution in [-0.2, 0) is 6.54 Å². The highest BCUT2D eigenvalue weighted by molar-refractivity contribution is 5.24. The van der Waals surface area contributed by atoms with E-state index in [0.29, 0.717) is 23.9 Å². The summed E-state index contributed by atoms with van der Waals surface area (Å²) in [7, 11) is 0. The molecule has 0 amide bonds. The van der Waals surface area contributed by atoms with Crippen LogP contribution in [0.25, 0.3) is 0 Å². The molecule has 0 bridgehead atoms. The fourth-order valence-corrected chi connectivity index (χ4v) is 1.63. The zero-order valence-corrected chi connectivity index (χ0v) is 10.2. The molecule has 16 heavy (non-hydrogen) atoms. The Bertz CT molecular complexity index is 345. The zero-order valence-electron chi connectivity index (χ0n) is 10.2. The minimum Gasteiger partial charge on any atom is -0.312 e. The van der Waals surface area contributed by atoms with Gasteiger partial charge >= 0.3 is 6.55 Å². The Hall–Kier alpha value is -0.970. The van der Waals surface area contributed by atoms with Gasteiger partial charge in [-0.05, 0) is 26.3 Å². The number of rotatable bonds is 5. The molecule has 0 aromatic carbocycles. The van der Waals surface area contributed by atoms with Gasteiger partial charge in [-0.1, -0.05) is 13.8 Å². The molecule has 0 aliphatic heterocycles. The van der Waals surface area contributed by atoms with Crippen LogP contribution >= 0.6 is 0 Å². The van der Waals surface area contributed by atoms with Crippen molar-refractivity contribution >= 4 is 0 Å². The number of hydrogen-bond donors (Lipinski definition) is 1. The van der Waals surface area contributed by atoms with Crippen molar-refractivity contribution in [2.45, 2.75) is 40.8 Å². The van der Waals surface area contributed by atoms with Gasteiger partial charge in [0, 0.05) is 17.8 Å². The van der Waals surface area contributed by atoms with Gasteiger partial charge in [0.15, 0.2) is 0 Å². The second kappa shape index (κ2) is 5.39. The number of aryl methyl sites for hydroxylation is 1. The number of hydrogen-bond acceptors (Lipinski definition) is 2. The molecule has 0 fully saturated rings. The first kappa shape index (κ1) is 13.1. The first-order valence-electron chi connectivity index (χ1n) is 5.47. The van der Waals surface area contributed by atoms with Gasteiger partial charge in [0.2, 0.25) is 0 Å². The van der Waals surface area contributed by atoms with Crippen LogP contribution in [0.5, 0.6) is 0 Å². The summed E-state index contributed by atoms with van der Waals surface area (Å²) in [5.41, 5.74) is 2.10. The van der Waals surface area contributed by atoms with E-state index in [4.69, 9.17) is 0 Å². The van der Waals surface area contributed by atoms with Crippen molar-refractivity contribution in [3.63, 3.8) is 0 Å². The van der Waals surface area contributed by atoms with Crippen LogP contribution in [0, 0.1) is 19.8 Å². The Balaban J connectivity index is 2.72. The van der Waals surface area contributed by atoms with Crippen molar-refractivity contribution < 1.29 is 8.78 Å². The van der Waals surface area contributed by atoms with E-state index in [2.05, 4.69) is 24.3 Å². The van der Waals surface area contributed by atoms with Crippen LogP contribution in [0.3, 0.4) is 0 Å². The Morgan fingerprint density at radius 2 is 1.94 bits per heavy atom. The van der Waals surface area contributed by atoms with Crippen molar-refractivity contribution in [2.75, 3.05) is 6.54 Å². The molecule has 1 aromatic rings. The van der Waals surface area contributed by atoms with E-state index in [0.717, 1.165) is 16.8 Å². The predicted octanol–water partition coefficient (Wildman–Crippen LogP) is 2.64. The molecule has 1 heterocycles. The summed E-state index contributed by atoms with van der Waals surface area (Å²) in [6.45, 7) is 6.57. The molecule has 1 rings (SSSR count). The molecule has 92 valence electrons. The van der Waals surface area contributed by atoms with Gasteiger partial charge in [0.05, 0.1) is 5.69 Å². The summed E-state index contributed by atoms with van der Waals surface area (Å²) >= 11 is 0. The van der Waals surface area contributed by atoms with E-state index in [9.17, 15) is 8.78 Å². The lowest BCUT2D eigenvalue weighted by Gasteiger charge is -2.08. The van der Waals surface area contributed by atoms with E-state index in [1.165, 1.54) is 0 Å². The van der Waals surface area contributed by atoms with Crippen LogP contribution in [0.15, 0.2) is 0 Å². The van der Waals surface area contributed by atoms with Crippen molar-refractivity contribution in [3.8, 4) is 0 Å². The molecule has 0 saturated carbocycles. The third-order valence-electron chi connectivity index (χ3n) is 2.51. The number of nitrogens with one attached hydrogen (secondary N) is 1. The highest BCUT2D eigenvalue weighted by Crippen LogP contribution is 2.18. The fourth-order valence-electron chi connectivity index (χ4n) is 1.63. The van der Waals surface area contributed by atoms with Crippen LogP contribution in [0.2, 0.25) is 0 Å². The van der Waals surface area contributed by atoms with Gasteiger partial charge in [-0.25, -0.2) is 4.68 Å². The molecule has 1 aromatic heterocycles. The first-order valence-corrected chi connectivity index (χ1v) is 5.47. The van der Waals surface area contributed by atoms with E-state index in [1.54, 1.807) is 13.8 Å².